The van der Waals surface area contributed by atoms with Gasteiger partial charge in [0.15, 0.2) is 5.11 Å². The first-order chi connectivity index (χ1) is 16.0. The predicted molar refractivity (Wildman–Crippen MR) is 140 cm³/mol. The van der Waals surface area contributed by atoms with Crippen molar-refractivity contribution in [2.45, 2.75) is 40.4 Å². The first-order valence-corrected chi connectivity index (χ1v) is 11.6. The summed E-state index contributed by atoms with van der Waals surface area (Å²) in [5.41, 5.74) is 7.95. The smallest absolute Gasteiger partial charge is 0.174 e. The van der Waals surface area contributed by atoms with E-state index in [-0.39, 0.29) is 0 Å². The standard InChI is InChI=1S/C28H30N4S/c1-21-14-16-26(17-15-21)20-32-23(3)27(22(2)30-32)29-28(33)31(18-24-10-6-4-7-11-24)19-25-12-8-5-9-13-25/h4-17H,18-20H2,1-3H3,(H,29,33). The number of nitrogens with zero attached hydrogens (tertiary/aromatic N) is 3. The molecule has 0 unspecified atom stereocenters. The number of aromatic nitrogens is 2. The number of thiocarbonyl (C=S) groups is 1. The summed E-state index contributed by atoms with van der Waals surface area (Å²) in [7, 11) is 0. The van der Waals surface area contributed by atoms with E-state index in [1.807, 2.05) is 23.7 Å². The zero-order valence-corrected chi connectivity index (χ0v) is 20.3. The molecule has 0 aliphatic heterocycles. The van der Waals surface area contributed by atoms with Gasteiger partial charge in [0.2, 0.25) is 0 Å². The Morgan fingerprint density at radius 3 is 1.88 bits per heavy atom. The summed E-state index contributed by atoms with van der Waals surface area (Å²) in [5, 5.41) is 8.99. The van der Waals surface area contributed by atoms with Crippen molar-refractivity contribution in [1.82, 2.24) is 14.7 Å². The van der Waals surface area contributed by atoms with Crippen LogP contribution < -0.4 is 5.32 Å². The molecule has 1 aromatic heterocycles. The molecular weight excluding hydrogens is 424 g/mol. The number of hydrogen-bond donors (Lipinski definition) is 1. The second-order valence-corrected chi connectivity index (χ2v) is 8.83. The van der Waals surface area contributed by atoms with Crippen molar-refractivity contribution in [3.05, 3.63) is 119 Å². The van der Waals surface area contributed by atoms with Crippen molar-refractivity contribution in [3.8, 4) is 0 Å². The quantitative estimate of drug-likeness (QED) is 0.334. The van der Waals surface area contributed by atoms with E-state index in [2.05, 4.69) is 96.9 Å². The van der Waals surface area contributed by atoms with Crippen LogP contribution in [0.3, 0.4) is 0 Å². The second kappa shape index (κ2) is 10.5. The molecule has 0 saturated heterocycles. The number of aryl methyl sites for hydroxylation is 2. The maximum absolute atomic E-state index is 5.91. The minimum atomic E-state index is 0.698. The monoisotopic (exact) mass is 454 g/mol. The molecule has 1 heterocycles. The Kier molecular flexibility index (Phi) is 7.20. The Labute approximate surface area is 201 Å². The lowest BCUT2D eigenvalue weighted by atomic mass is 10.1. The van der Waals surface area contributed by atoms with Crippen LogP contribution in [0.25, 0.3) is 0 Å². The van der Waals surface area contributed by atoms with Crippen molar-refractivity contribution in [2.24, 2.45) is 0 Å². The molecular formula is C28H30N4S. The van der Waals surface area contributed by atoms with Crippen molar-refractivity contribution in [3.63, 3.8) is 0 Å². The molecule has 4 rings (SSSR count). The maximum atomic E-state index is 5.91. The van der Waals surface area contributed by atoms with E-state index in [9.17, 15) is 0 Å². The molecule has 168 valence electrons. The zero-order valence-electron chi connectivity index (χ0n) is 19.5. The van der Waals surface area contributed by atoms with Crippen LogP contribution in [0.1, 0.15) is 33.6 Å². The Morgan fingerprint density at radius 2 is 1.33 bits per heavy atom. The van der Waals surface area contributed by atoms with Gasteiger partial charge in [0.05, 0.1) is 23.6 Å². The molecule has 4 nitrogen and oxygen atoms in total. The molecule has 1 N–H and O–H groups in total. The van der Waals surface area contributed by atoms with E-state index < -0.39 is 0 Å². The molecule has 0 atom stereocenters. The van der Waals surface area contributed by atoms with Crippen LogP contribution >= 0.6 is 12.2 Å². The molecule has 0 bridgehead atoms. The van der Waals surface area contributed by atoms with E-state index in [0.717, 1.165) is 36.7 Å². The van der Waals surface area contributed by atoms with E-state index in [1.54, 1.807) is 0 Å². The van der Waals surface area contributed by atoms with Gasteiger partial charge < -0.3 is 10.2 Å². The highest BCUT2D eigenvalue weighted by Crippen LogP contribution is 2.22. The van der Waals surface area contributed by atoms with E-state index >= 15 is 0 Å². The lowest BCUT2D eigenvalue weighted by Crippen LogP contribution is -2.34. The largest absolute Gasteiger partial charge is 0.340 e. The van der Waals surface area contributed by atoms with Gasteiger partial charge in [-0.1, -0.05) is 90.5 Å². The third-order valence-corrected chi connectivity index (χ3v) is 6.15. The summed E-state index contributed by atoms with van der Waals surface area (Å²) < 4.78 is 2.05. The number of rotatable bonds is 7. The van der Waals surface area contributed by atoms with E-state index in [0.29, 0.717) is 5.11 Å². The third kappa shape index (κ3) is 5.88. The van der Waals surface area contributed by atoms with Crippen LogP contribution in [0, 0.1) is 20.8 Å². The maximum Gasteiger partial charge on any atom is 0.174 e. The SMILES string of the molecule is Cc1ccc(Cn2nc(C)c(NC(=S)N(Cc3ccccc3)Cc3ccccc3)c2C)cc1. The summed E-state index contributed by atoms with van der Waals surface area (Å²) in [6.45, 7) is 8.43. The molecule has 0 radical (unpaired) electrons. The van der Waals surface area contributed by atoms with Crippen LogP contribution in [0.5, 0.6) is 0 Å². The number of benzene rings is 3. The summed E-state index contributed by atoms with van der Waals surface area (Å²) in [4.78, 5) is 2.20. The Bertz CT molecular complexity index is 1160. The minimum Gasteiger partial charge on any atom is -0.340 e. The third-order valence-electron chi connectivity index (χ3n) is 5.79. The summed E-state index contributed by atoms with van der Waals surface area (Å²) >= 11 is 5.91. The molecule has 0 aliphatic carbocycles. The Balaban J connectivity index is 1.54. The Hall–Kier alpha value is -3.44. The van der Waals surface area contributed by atoms with Crippen LogP contribution in [0.2, 0.25) is 0 Å². The number of anilines is 1. The van der Waals surface area contributed by atoms with Crippen molar-refractivity contribution in [1.29, 1.82) is 0 Å². The highest BCUT2D eigenvalue weighted by atomic mass is 32.1. The van der Waals surface area contributed by atoms with Gasteiger partial charge in [-0.2, -0.15) is 5.10 Å². The van der Waals surface area contributed by atoms with E-state index in [4.69, 9.17) is 17.3 Å². The molecule has 0 saturated carbocycles. The zero-order chi connectivity index (χ0) is 23.2. The van der Waals surface area contributed by atoms with Gasteiger partial charge in [0.25, 0.3) is 0 Å². The average Bonchev–Trinajstić information content (AvgIpc) is 3.08. The van der Waals surface area contributed by atoms with Gasteiger partial charge >= 0.3 is 0 Å². The number of nitrogens with one attached hydrogen (secondary N) is 1. The van der Waals surface area contributed by atoms with Gasteiger partial charge in [-0.05, 0) is 49.7 Å². The summed E-state index contributed by atoms with van der Waals surface area (Å²) in [5.74, 6) is 0. The average molecular weight is 455 g/mol. The molecule has 5 heteroatoms. The molecule has 0 spiro atoms. The van der Waals surface area contributed by atoms with Crippen LogP contribution in [0.15, 0.2) is 84.9 Å². The van der Waals surface area contributed by atoms with Gasteiger partial charge in [-0.15, -0.1) is 0 Å². The highest BCUT2D eigenvalue weighted by molar-refractivity contribution is 7.80. The molecule has 3 aromatic carbocycles. The lowest BCUT2D eigenvalue weighted by molar-refractivity contribution is 0.413. The fourth-order valence-electron chi connectivity index (χ4n) is 3.89. The fourth-order valence-corrected chi connectivity index (χ4v) is 4.12. The second-order valence-electron chi connectivity index (χ2n) is 8.45. The molecule has 0 aliphatic rings. The van der Waals surface area contributed by atoms with Gasteiger partial charge in [-0.25, -0.2) is 0 Å². The molecule has 0 fully saturated rings. The first-order valence-electron chi connectivity index (χ1n) is 11.2. The van der Waals surface area contributed by atoms with Gasteiger partial charge in [-0.3, -0.25) is 4.68 Å². The summed E-state index contributed by atoms with van der Waals surface area (Å²) in [6.07, 6.45) is 0. The molecule has 33 heavy (non-hydrogen) atoms. The highest BCUT2D eigenvalue weighted by Gasteiger charge is 2.17. The van der Waals surface area contributed by atoms with Gasteiger partial charge in [0.1, 0.15) is 0 Å². The minimum absolute atomic E-state index is 0.698. The Morgan fingerprint density at radius 1 is 0.788 bits per heavy atom. The van der Waals surface area contributed by atoms with Gasteiger partial charge in [0, 0.05) is 13.1 Å². The van der Waals surface area contributed by atoms with Crippen molar-refractivity contribution >= 4 is 23.0 Å². The van der Waals surface area contributed by atoms with E-state index in [1.165, 1.54) is 22.3 Å². The fraction of sp³-hybridized carbons (Fsp3) is 0.214. The van der Waals surface area contributed by atoms with Crippen molar-refractivity contribution < 1.29 is 0 Å². The number of hydrogen-bond acceptors (Lipinski definition) is 2. The van der Waals surface area contributed by atoms with Crippen molar-refractivity contribution in [2.75, 3.05) is 5.32 Å². The van der Waals surface area contributed by atoms with Crippen LogP contribution in [0.4, 0.5) is 5.69 Å². The predicted octanol–water partition coefficient (Wildman–Crippen LogP) is 6.26. The van der Waals surface area contributed by atoms with Crippen LogP contribution in [-0.4, -0.2) is 19.8 Å². The van der Waals surface area contributed by atoms with Crippen LogP contribution in [-0.2, 0) is 19.6 Å². The first kappa shape index (κ1) is 22.7. The molecule has 0 amide bonds. The lowest BCUT2D eigenvalue weighted by Gasteiger charge is -2.26. The normalized spacial score (nSPS) is 10.8. The summed E-state index contributed by atoms with van der Waals surface area (Å²) in [6, 6.07) is 29.5. The topological polar surface area (TPSA) is 33.1 Å². The molecule has 4 aromatic rings.